The third kappa shape index (κ3) is 6.09. The first-order chi connectivity index (χ1) is 21.0. The molecule has 3 heterocycles. The number of hydrogen-bond acceptors (Lipinski definition) is 7. The Bertz CT molecular complexity index is 1710. The number of pyridine rings is 1. The topological polar surface area (TPSA) is 113 Å². The molecule has 0 unspecified atom stereocenters. The number of carbonyl (C=O) groups is 1. The summed E-state index contributed by atoms with van der Waals surface area (Å²) in [6.07, 6.45) is -1.01. The summed E-state index contributed by atoms with van der Waals surface area (Å²) in [6.45, 7) is 1.76. The van der Waals surface area contributed by atoms with Gasteiger partial charge in [-0.05, 0) is 35.4 Å². The van der Waals surface area contributed by atoms with E-state index in [0.29, 0.717) is 44.6 Å². The minimum Gasteiger partial charge on any atom is -0.473 e. The summed E-state index contributed by atoms with van der Waals surface area (Å²) in [6, 6.07) is 29.2. The Morgan fingerprint density at radius 2 is 1.60 bits per heavy atom. The molecule has 0 radical (unpaired) electrons. The monoisotopic (exact) mass is 579 g/mol. The van der Waals surface area contributed by atoms with Gasteiger partial charge in [-0.25, -0.2) is 4.79 Å². The number of anilines is 1. The van der Waals surface area contributed by atoms with Gasteiger partial charge >= 0.3 is 6.09 Å². The van der Waals surface area contributed by atoms with E-state index < -0.39 is 12.1 Å². The number of aliphatic hydroxyl groups excluding tert-OH is 1. The second kappa shape index (κ2) is 12.4. The third-order valence-electron chi connectivity index (χ3n) is 7.68. The van der Waals surface area contributed by atoms with Crippen LogP contribution in [0.3, 0.4) is 0 Å². The van der Waals surface area contributed by atoms with E-state index in [9.17, 15) is 15.0 Å². The van der Waals surface area contributed by atoms with Crippen molar-refractivity contribution in [2.45, 2.75) is 19.3 Å². The van der Waals surface area contributed by atoms with Crippen LogP contribution in [0.4, 0.5) is 10.5 Å². The van der Waals surface area contributed by atoms with Gasteiger partial charge < -0.3 is 24.6 Å². The smallest absolute Gasteiger partial charge is 0.407 e. The lowest BCUT2D eigenvalue weighted by atomic mass is 10.1. The number of carboxylic acid groups (broad SMARTS) is 1. The number of rotatable bonds is 9. The van der Waals surface area contributed by atoms with Gasteiger partial charge in [-0.1, -0.05) is 60.7 Å². The first-order valence-corrected chi connectivity index (χ1v) is 14.2. The molecule has 3 aromatic carbocycles. The van der Waals surface area contributed by atoms with Crippen LogP contribution in [0.25, 0.3) is 22.2 Å². The highest BCUT2D eigenvalue weighted by atomic mass is 16.5. The molecule has 10 heteroatoms. The zero-order chi connectivity index (χ0) is 29.8. The highest BCUT2D eigenvalue weighted by Gasteiger charge is 2.30. The predicted octanol–water partition coefficient (Wildman–Crippen LogP) is 4.95. The number of benzene rings is 3. The molecule has 43 heavy (non-hydrogen) atoms. The molecule has 1 amide bonds. The zero-order valence-corrected chi connectivity index (χ0v) is 23.8. The minimum atomic E-state index is -1.01. The number of nitrogens with zero attached hydrogens (tertiary/aromatic N) is 5. The Kier molecular flexibility index (Phi) is 8.10. The molecule has 0 spiro atoms. The molecule has 6 rings (SSSR count). The Balaban J connectivity index is 1.31. The maximum Gasteiger partial charge on any atom is 0.407 e. The average Bonchev–Trinajstić information content (AvgIpc) is 3.38. The molecule has 1 atom stereocenters. The quantitative estimate of drug-likeness (QED) is 0.252. The number of piperazine rings is 1. The Labute approximate surface area is 249 Å². The van der Waals surface area contributed by atoms with Crippen LogP contribution in [-0.2, 0) is 20.3 Å². The molecule has 0 bridgehead atoms. The van der Waals surface area contributed by atoms with Crippen molar-refractivity contribution in [2.24, 2.45) is 7.05 Å². The average molecular weight is 580 g/mol. The van der Waals surface area contributed by atoms with E-state index in [0.717, 1.165) is 39.0 Å². The van der Waals surface area contributed by atoms with Gasteiger partial charge in [0.2, 0.25) is 11.8 Å². The van der Waals surface area contributed by atoms with Gasteiger partial charge in [0, 0.05) is 43.8 Å². The van der Waals surface area contributed by atoms with E-state index >= 15 is 0 Å². The van der Waals surface area contributed by atoms with E-state index in [2.05, 4.69) is 4.90 Å². The Hall–Kier alpha value is -5.09. The summed E-state index contributed by atoms with van der Waals surface area (Å²) in [7, 11) is 1.89. The number of amides is 1. The Morgan fingerprint density at radius 3 is 2.28 bits per heavy atom. The number of aryl methyl sites for hydroxylation is 1. The lowest BCUT2D eigenvalue weighted by Crippen LogP contribution is -2.56. The maximum absolute atomic E-state index is 11.6. The molecular weight excluding hydrogens is 546 g/mol. The number of aromatic nitrogens is 3. The van der Waals surface area contributed by atoms with Crippen molar-refractivity contribution in [3.63, 3.8) is 0 Å². The van der Waals surface area contributed by atoms with Gasteiger partial charge in [0.25, 0.3) is 0 Å². The first kappa shape index (κ1) is 28.0. The summed E-state index contributed by atoms with van der Waals surface area (Å²) in [4.78, 5) is 19.7. The van der Waals surface area contributed by atoms with Crippen molar-refractivity contribution in [2.75, 3.05) is 31.1 Å². The fourth-order valence-corrected chi connectivity index (χ4v) is 5.39. The fraction of sp³-hybridized carbons (Fsp3) is 0.242. The molecule has 0 aliphatic carbocycles. The van der Waals surface area contributed by atoms with Crippen molar-refractivity contribution in [1.82, 2.24) is 19.7 Å². The van der Waals surface area contributed by atoms with E-state index in [-0.39, 0.29) is 6.61 Å². The van der Waals surface area contributed by atoms with Crippen molar-refractivity contribution < 1.29 is 24.5 Å². The number of ether oxygens (including phenoxy) is 2. The first-order valence-electron chi connectivity index (χ1n) is 14.2. The number of hydrogen-bond donors (Lipinski definition) is 2. The maximum atomic E-state index is 11.6. The lowest BCUT2D eigenvalue weighted by molar-refractivity contribution is 0.0910. The molecular formula is C33H33N5O5. The standard InChI is InChI=1S/C33H33N5O5/c1-36-29-18-25(37-16-17-38(33(40)41)26(19-37)20-39)12-13-27(29)31(35-36)28-14-15-30(42-21-23-8-4-2-5-9-23)34-32(28)43-22-24-10-6-3-7-11-24/h2-15,18,26,39H,16-17,19-22H2,1H3,(H,40,41)/t26-/m0/s1. The highest BCUT2D eigenvalue weighted by Crippen LogP contribution is 2.36. The molecule has 1 aliphatic heterocycles. The van der Waals surface area contributed by atoms with Gasteiger partial charge in [-0.15, -0.1) is 0 Å². The van der Waals surface area contributed by atoms with Crippen molar-refractivity contribution in [3.8, 4) is 23.0 Å². The van der Waals surface area contributed by atoms with E-state index in [1.54, 1.807) is 0 Å². The SMILES string of the molecule is Cn1nc(-c2ccc(OCc3ccccc3)nc2OCc2ccccc2)c2ccc(N3CCN(C(=O)O)[C@H](CO)C3)cc21. The molecule has 1 aliphatic rings. The minimum absolute atomic E-state index is 0.231. The number of fused-ring (bicyclic) bond motifs is 1. The van der Waals surface area contributed by atoms with E-state index in [1.807, 2.05) is 103 Å². The normalized spacial score (nSPS) is 15.1. The second-order valence-electron chi connectivity index (χ2n) is 10.5. The third-order valence-corrected chi connectivity index (χ3v) is 7.68. The van der Waals surface area contributed by atoms with Gasteiger partial charge in [0.15, 0.2) is 0 Å². The highest BCUT2D eigenvalue weighted by molar-refractivity contribution is 5.96. The van der Waals surface area contributed by atoms with E-state index in [1.165, 1.54) is 4.90 Å². The zero-order valence-electron chi connectivity index (χ0n) is 23.8. The van der Waals surface area contributed by atoms with Crippen LogP contribution in [0.5, 0.6) is 11.8 Å². The van der Waals surface area contributed by atoms with Crippen LogP contribution in [0.15, 0.2) is 91.0 Å². The van der Waals surface area contributed by atoms with Crippen molar-refractivity contribution in [1.29, 1.82) is 0 Å². The lowest BCUT2D eigenvalue weighted by Gasteiger charge is -2.40. The molecule has 1 fully saturated rings. The van der Waals surface area contributed by atoms with Crippen LogP contribution < -0.4 is 14.4 Å². The molecule has 1 saturated heterocycles. The van der Waals surface area contributed by atoms with Crippen LogP contribution in [0.2, 0.25) is 0 Å². The van der Waals surface area contributed by atoms with Crippen LogP contribution in [0.1, 0.15) is 11.1 Å². The van der Waals surface area contributed by atoms with Gasteiger partial charge in [-0.3, -0.25) is 9.58 Å². The van der Waals surface area contributed by atoms with Gasteiger partial charge in [0.1, 0.15) is 18.9 Å². The summed E-state index contributed by atoms with van der Waals surface area (Å²) >= 11 is 0. The molecule has 2 aromatic heterocycles. The summed E-state index contributed by atoms with van der Waals surface area (Å²) in [5.41, 5.74) is 5.39. The number of aliphatic hydroxyl groups is 1. The predicted molar refractivity (Wildman–Crippen MR) is 163 cm³/mol. The molecule has 2 N–H and O–H groups in total. The van der Waals surface area contributed by atoms with E-state index in [4.69, 9.17) is 19.6 Å². The second-order valence-corrected chi connectivity index (χ2v) is 10.5. The summed E-state index contributed by atoms with van der Waals surface area (Å²) in [5.74, 6) is 0.881. The van der Waals surface area contributed by atoms with Crippen molar-refractivity contribution in [3.05, 3.63) is 102 Å². The molecule has 220 valence electrons. The largest absolute Gasteiger partial charge is 0.473 e. The fourth-order valence-electron chi connectivity index (χ4n) is 5.39. The molecule has 0 saturated carbocycles. The summed E-state index contributed by atoms with van der Waals surface area (Å²) in [5, 5.41) is 25.1. The molecule has 5 aromatic rings. The van der Waals surface area contributed by atoms with Crippen LogP contribution in [0, 0.1) is 0 Å². The van der Waals surface area contributed by atoms with Crippen molar-refractivity contribution >= 4 is 22.7 Å². The molecule has 10 nitrogen and oxygen atoms in total. The van der Waals surface area contributed by atoms with Crippen LogP contribution in [-0.4, -0.2) is 68.3 Å². The van der Waals surface area contributed by atoms with Gasteiger partial charge in [-0.2, -0.15) is 10.1 Å². The van der Waals surface area contributed by atoms with Gasteiger partial charge in [0.05, 0.1) is 23.7 Å². The van der Waals surface area contributed by atoms with Crippen LogP contribution >= 0.6 is 0 Å². The summed E-state index contributed by atoms with van der Waals surface area (Å²) < 4.78 is 14.1. The Morgan fingerprint density at radius 1 is 0.907 bits per heavy atom.